The minimum Gasteiger partial charge on any atom is -0.483 e. The Kier molecular flexibility index (Phi) is 7.53. The summed E-state index contributed by atoms with van der Waals surface area (Å²) in [5.41, 5.74) is 7.23. The van der Waals surface area contributed by atoms with E-state index in [-0.39, 0.29) is 12.5 Å². The van der Waals surface area contributed by atoms with Gasteiger partial charge >= 0.3 is 0 Å². The van der Waals surface area contributed by atoms with E-state index in [1.165, 1.54) is 0 Å². The van der Waals surface area contributed by atoms with Crippen molar-refractivity contribution in [3.05, 3.63) is 29.3 Å². The Labute approximate surface area is 131 Å². The molecule has 5 nitrogen and oxygen atoms in total. The van der Waals surface area contributed by atoms with Crippen LogP contribution >= 0.6 is 12.2 Å². The molecule has 0 heterocycles. The molecule has 1 aromatic rings. The van der Waals surface area contributed by atoms with E-state index >= 15 is 0 Å². The molecule has 21 heavy (non-hydrogen) atoms. The SMILES string of the molecule is CCCCNC(=S)NNC(=O)COc1cc(C)ccc1C. The molecule has 0 saturated heterocycles. The molecule has 3 N–H and O–H groups in total. The van der Waals surface area contributed by atoms with E-state index in [1.807, 2.05) is 32.0 Å². The standard InChI is InChI=1S/C15H23N3O2S/c1-4-5-8-16-15(21)18-17-14(19)10-20-13-9-11(2)6-7-12(13)3/h6-7,9H,4-5,8,10H2,1-3H3,(H,17,19)(H2,16,18,21). The summed E-state index contributed by atoms with van der Waals surface area (Å²) in [5, 5.41) is 3.40. The van der Waals surface area contributed by atoms with Gasteiger partial charge in [-0.25, -0.2) is 0 Å². The van der Waals surface area contributed by atoms with Crippen molar-refractivity contribution in [3.63, 3.8) is 0 Å². The monoisotopic (exact) mass is 309 g/mol. The summed E-state index contributed by atoms with van der Waals surface area (Å²) < 4.78 is 5.49. The predicted octanol–water partition coefficient (Wildman–Crippen LogP) is 1.98. The lowest BCUT2D eigenvalue weighted by Crippen LogP contribution is -2.48. The summed E-state index contributed by atoms with van der Waals surface area (Å²) >= 11 is 5.02. The van der Waals surface area contributed by atoms with Crippen molar-refractivity contribution in [1.29, 1.82) is 0 Å². The Balaban J connectivity index is 2.28. The van der Waals surface area contributed by atoms with Gasteiger partial charge in [-0.3, -0.25) is 15.6 Å². The number of aryl methyl sites for hydroxylation is 2. The van der Waals surface area contributed by atoms with Crippen LogP contribution in [0.5, 0.6) is 5.75 Å². The van der Waals surface area contributed by atoms with E-state index < -0.39 is 0 Å². The normalized spacial score (nSPS) is 9.86. The highest BCUT2D eigenvalue weighted by Crippen LogP contribution is 2.18. The van der Waals surface area contributed by atoms with Crippen molar-refractivity contribution in [3.8, 4) is 5.75 Å². The summed E-state index contributed by atoms with van der Waals surface area (Å²) in [6, 6.07) is 5.88. The van der Waals surface area contributed by atoms with Crippen LogP contribution < -0.4 is 20.9 Å². The largest absolute Gasteiger partial charge is 0.483 e. The number of thiocarbonyl (C=S) groups is 1. The molecule has 0 aromatic heterocycles. The van der Waals surface area contributed by atoms with Gasteiger partial charge in [0.25, 0.3) is 5.91 Å². The lowest BCUT2D eigenvalue weighted by Gasteiger charge is -2.12. The van der Waals surface area contributed by atoms with Crippen LogP contribution in [0.25, 0.3) is 0 Å². The number of rotatable bonds is 6. The highest BCUT2D eigenvalue weighted by molar-refractivity contribution is 7.80. The number of hydrogen-bond acceptors (Lipinski definition) is 3. The van der Waals surface area contributed by atoms with E-state index in [0.29, 0.717) is 10.9 Å². The highest BCUT2D eigenvalue weighted by atomic mass is 32.1. The maximum atomic E-state index is 11.7. The molecule has 1 rings (SSSR count). The molecule has 0 bridgehead atoms. The van der Waals surface area contributed by atoms with Gasteiger partial charge in [0.2, 0.25) is 0 Å². The van der Waals surface area contributed by atoms with E-state index in [0.717, 1.165) is 30.5 Å². The lowest BCUT2D eigenvalue weighted by molar-refractivity contribution is -0.123. The molecule has 116 valence electrons. The quantitative estimate of drug-likeness (QED) is 0.426. The van der Waals surface area contributed by atoms with Gasteiger partial charge in [-0.1, -0.05) is 25.5 Å². The Morgan fingerprint density at radius 1 is 1.29 bits per heavy atom. The molecule has 0 aliphatic carbocycles. The number of hydrogen-bond donors (Lipinski definition) is 3. The van der Waals surface area contributed by atoms with Crippen molar-refractivity contribution in [2.45, 2.75) is 33.6 Å². The summed E-state index contributed by atoms with van der Waals surface area (Å²) in [5.74, 6) is 0.435. The van der Waals surface area contributed by atoms with Crippen LogP contribution in [0.4, 0.5) is 0 Å². The zero-order chi connectivity index (χ0) is 15.7. The van der Waals surface area contributed by atoms with Crippen LogP contribution in [0, 0.1) is 13.8 Å². The Morgan fingerprint density at radius 3 is 2.76 bits per heavy atom. The fourth-order valence-electron chi connectivity index (χ4n) is 1.59. The molecule has 1 amide bonds. The van der Waals surface area contributed by atoms with Gasteiger partial charge in [0.05, 0.1) is 0 Å². The zero-order valence-corrected chi connectivity index (χ0v) is 13.6. The Morgan fingerprint density at radius 2 is 2.05 bits per heavy atom. The summed E-state index contributed by atoms with van der Waals surface area (Å²) in [6.45, 7) is 6.75. The molecule has 0 radical (unpaired) electrons. The summed E-state index contributed by atoms with van der Waals surface area (Å²) in [6.07, 6.45) is 2.12. The van der Waals surface area contributed by atoms with Gasteiger partial charge in [0.1, 0.15) is 5.75 Å². The number of carbonyl (C=O) groups is 1. The third kappa shape index (κ3) is 6.94. The van der Waals surface area contributed by atoms with Crippen LogP contribution in [-0.4, -0.2) is 24.2 Å². The molecule has 1 aromatic carbocycles. The van der Waals surface area contributed by atoms with E-state index in [2.05, 4.69) is 23.1 Å². The molecule has 0 aliphatic rings. The third-order valence-corrected chi connectivity index (χ3v) is 3.08. The molecule has 6 heteroatoms. The smallest absolute Gasteiger partial charge is 0.276 e. The van der Waals surface area contributed by atoms with Gasteiger partial charge in [-0.15, -0.1) is 0 Å². The number of hydrazine groups is 1. The average Bonchev–Trinajstić information content (AvgIpc) is 2.46. The maximum Gasteiger partial charge on any atom is 0.276 e. The van der Waals surface area contributed by atoms with Crippen molar-refractivity contribution in [2.24, 2.45) is 0 Å². The maximum absolute atomic E-state index is 11.7. The Bertz CT molecular complexity index is 492. The first-order chi connectivity index (χ1) is 10.0. The fourth-order valence-corrected chi connectivity index (χ4v) is 1.74. The number of carbonyl (C=O) groups excluding carboxylic acids is 1. The van der Waals surface area contributed by atoms with Crippen LogP contribution in [0.1, 0.15) is 30.9 Å². The molecular formula is C15H23N3O2S. The number of nitrogens with one attached hydrogen (secondary N) is 3. The molecule has 0 unspecified atom stereocenters. The molecule has 0 saturated carbocycles. The second-order valence-electron chi connectivity index (χ2n) is 4.84. The minimum absolute atomic E-state index is 0.0606. The fraction of sp³-hybridized carbons (Fsp3) is 0.467. The van der Waals surface area contributed by atoms with Gasteiger partial charge in [0.15, 0.2) is 11.7 Å². The van der Waals surface area contributed by atoms with Crippen LogP contribution in [-0.2, 0) is 4.79 Å². The average molecular weight is 309 g/mol. The van der Waals surface area contributed by atoms with Crippen LogP contribution in [0.15, 0.2) is 18.2 Å². The molecule has 0 atom stereocenters. The third-order valence-electron chi connectivity index (χ3n) is 2.83. The summed E-state index contributed by atoms with van der Waals surface area (Å²) in [7, 11) is 0. The first-order valence-corrected chi connectivity index (χ1v) is 7.46. The topological polar surface area (TPSA) is 62.4 Å². The lowest BCUT2D eigenvalue weighted by atomic mass is 10.1. The van der Waals surface area contributed by atoms with Crippen molar-refractivity contribution >= 4 is 23.2 Å². The molecule has 0 spiro atoms. The van der Waals surface area contributed by atoms with Crippen LogP contribution in [0.2, 0.25) is 0 Å². The summed E-state index contributed by atoms with van der Waals surface area (Å²) in [4.78, 5) is 11.7. The van der Waals surface area contributed by atoms with Gasteiger partial charge < -0.3 is 10.1 Å². The Hall–Kier alpha value is -1.82. The zero-order valence-electron chi connectivity index (χ0n) is 12.8. The number of unbranched alkanes of at least 4 members (excludes halogenated alkanes) is 1. The predicted molar refractivity (Wildman–Crippen MR) is 88.2 cm³/mol. The van der Waals surface area contributed by atoms with Gasteiger partial charge in [-0.05, 0) is 49.7 Å². The van der Waals surface area contributed by atoms with Crippen LogP contribution in [0.3, 0.4) is 0 Å². The second kappa shape index (κ2) is 9.18. The number of benzene rings is 1. The van der Waals surface area contributed by atoms with E-state index in [4.69, 9.17) is 17.0 Å². The first kappa shape index (κ1) is 17.2. The van der Waals surface area contributed by atoms with Crippen molar-refractivity contribution in [1.82, 2.24) is 16.2 Å². The van der Waals surface area contributed by atoms with Crippen molar-refractivity contribution < 1.29 is 9.53 Å². The molecule has 0 fully saturated rings. The first-order valence-electron chi connectivity index (χ1n) is 7.05. The second-order valence-corrected chi connectivity index (χ2v) is 5.25. The molecular weight excluding hydrogens is 286 g/mol. The number of amides is 1. The highest BCUT2D eigenvalue weighted by Gasteiger charge is 2.05. The minimum atomic E-state index is -0.282. The molecule has 0 aliphatic heterocycles. The van der Waals surface area contributed by atoms with Gasteiger partial charge in [0, 0.05) is 6.54 Å². The van der Waals surface area contributed by atoms with E-state index in [9.17, 15) is 4.79 Å². The van der Waals surface area contributed by atoms with Crippen molar-refractivity contribution in [2.75, 3.05) is 13.2 Å². The number of ether oxygens (including phenoxy) is 1. The van der Waals surface area contributed by atoms with E-state index in [1.54, 1.807) is 0 Å². The van der Waals surface area contributed by atoms with Gasteiger partial charge in [-0.2, -0.15) is 0 Å².